The third-order valence-electron chi connectivity index (χ3n) is 4.16. The Morgan fingerprint density at radius 2 is 2.12 bits per heavy atom. The smallest absolute Gasteiger partial charge is 0.0597 e. The molecule has 5 unspecified atom stereocenters. The summed E-state index contributed by atoms with van der Waals surface area (Å²) in [6.07, 6.45) is 2.81. The van der Waals surface area contributed by atoms with Crippen molar-refractivity contribution in [2.75, 3.05) is 0 Å². The van der Waals surface area contributed by atoms with Crippen LogP contribution in [0.25, 0.3) is 0 Å². The molecule has 0 spiro atoms. The van der Waals surface area contributed by atoms with Gasteiger partial charge in [0.1, 0.15) is 0 Å². The molecule has 17 heavy (non-hydrogen) atoms. The fourth-order valence-corrected chi connectivity index (χ4v) is 3.70. The summed E-state index contributed by atoms with van der Waals surface area (Å²) in [6.45, 7) is 6.59. The van der Waals surface area contributed by atoms with Crippen molar-refractivity contribution in [3.8, 4) is 0 Å². The molecule has 0 saturated carbocycles. The second kappa shape index (κ2) is 5.51. The summed E-state index contributed by atoms with van der Waals surface area (Å²) in [6, 6.07) is 2.45. The molecule has 2 nitrogen and oxygen atoms in total. The van der Waals surface area contributed by atoms with Gasteiger partial charge < -0.3 is 10.5 Å². The lowest BCUT2D eigenvalue weighted by Gasteiger charge is -2.25. The Morgan fingerprint density at radius 1 is 1.35 bits per heavy atom. The molecular formula is C14H23NOS. The Hall–Kier alpha value is -0.380. The van der Waals surface area contributed by atoms with E-state index in [9.17, 15) is 0 Å². The Morgan fingerprint density at radius 3 is 2.65 bits per heavy atom. The number of nitrogens with two attached hydrogens (primary N) is 1. The van der Waals surface area contributed by atoms with Gasteiger partial charge in [0.15, 0.2) is 0 Å². The van der Waals surface area contributed by atoms with E-state index in [-0.39, 0.29) is 6.04 Å². The fraction of sp³-hybridized carbons (Fsp3) is 0.714. The molecule has 0 aromatic carbocycles. The largest absolute Gasteiger partial charge is 0.375 e. The maximum Gasteiger partial charge on any atom is 0.0597 e. The van der Waals surface area contributed by atoms with E-state index in [1.165, 1.54) is 5.56 Å². The molecule has 96 valence electrons. The first-order chi connectivity index (χ1) is 8.09. The molecule has 1 aromatic rings. The number of aryl methyl sites for hydroxylation is 1. The van der Waals surface area contributed by atoms with Crippen LogP contribution in [-0.2, 0) is 11.2 Å². The molecular weight excluding hydrogens is 230 g/mol. The van der Waals surface area contributed by atoms with E-state index in [1.807, 2.05) is 0 Å². The molecule has 0 bridgehead atoms. The van der Waals surface area contributed by atoms with Crippen LogP contribution in [0.5, 0.6) is 0 Å². The first-order valence-corrected chi connectivity index (χ1v) is 7.46. The molecule has 0 amide bonds. The van der Waals surface area contributed by atoms with Crippen LogP contribution in [0, 0.1) is 11.8 Å². The molecule has 0 aliphatic carbocycles. The molecule has 1 saturated heterocycles. The molecule has 2 rings (SSSR count). The second-order valence-corrected chi connectivity index (χ2v) is 6.10. The minimum Gasteiger partial charge on any atom is -0.375 e. The lowest BCUT2D eigenvalue weighted by Crippen LogP contribution is -2.38. The van der Waals surface area contributed by atoms with Crippen molar-refractivity contribution in [3.05, 3.63) is 22.4 Å². The zero-order valence-electron chi connectivity index (χ0n) is 10.9. The average Bonchev–Trinajstić information content (AvgIpc) is 2.86. The highest BCUT2D eigenvalue weighted by molar-refractivity contribution is 7.07. The summed E-state index contributed by atoms with van der Waals surface area (Å²) in [5.41, 5.74) is 7.78. The molecule has 5 atom stereocenters. The average molecular weight is 253 g/mol. The van der Waals surface area contributed by atoms with Crippen LogP contribution >= 0.6 is 11.3 Å². The Bertz CT molecular complexity index is 338. The second-order valence-electron chi connectivity index (χ2n) is 5.32. The Labute approximate surface area is 108 Å². The number of thiophene rings is 1. The summed E-state index contributed by atoms with van der Waals surface area (Å²) in [5, 5.41) is 4.35. The topological polar surface area (TPSA) is 35.2 Å². The fourth-order valence-electron chi connectivity index (χ4n) is 2.99. The maximum absolute atomic E-state index is 6.36. The van der Waals surface area contributed by atoms with Gasteiger partial charge in [-0.3, -0.25) is 0 Å². The summed E-state index contributed by atoms with van der Waals surface area (Å²) in [5.74, 6) is 1.08. The molecule has 1 aliphatic heterocycles. The highest BCUT2D eigenvalue weighted by Gasteiger charge is 2.39. The van der Waals surface area contributed by atoms with E-state index in [1.54, 1.807) is 11.3 Å². The highest BCUT2D eigenvalue weighted by atomic mass is 32.1. The van der Waals surface area contributed by atoms with Crippen molar-refractivity contribution in [1.82, 2.24) is 0 Å². The van der Waals surface area contributed by atoms with Gasteiger partial charge in [-0.05, 0) is 55.0 Å². The number of hydrogen-bond donors (Lipinski definition) is 1. The third-order valence-corrected chi connectivity index (χ3v) is 4.89. The number of hydrogen-bond acceptors (Lipinski definition) is 3. The van der Waals surface area contributed by atoms with Crippen LogP contribution in [0.2, 0.25) is 0 Å². The van der Waals surface area contributed by atoms with Gasteiger partial charge in [0, 0.05) is 12.0 Å². The van der Waals surface area contributed by atoms with Crippen molar-refractivity contribution >= 4 is 11.3 Å². The van der Waals surface area contributed by atoms with Crippen LogP contribution < -0.4 is 5.73 Å². The van der Waals surface area contributed by atoms with Crippen molar-refractivity contribution in [2.24, 2.45) is 17.6 Å². The van der Waals surface area contributed by atoms with Crippen molar-refractivity contribution in [2.45, 2.75) is 51.9 Å². The van der Waals surface area contributed by atoms with Gasteiger partial charge in [0.2, 0.25) is 0 Å². The number of ether oxygens (including phenoxy) is 1. The van der Waals surface area contributed by atoms with E-state index >= 15 is 0 Å². The minimum absolute atomic E-state index is 0.254. The molecule has 1 aliphatic rings. The van der Waals surface area contributed by atoms with E-state index in [0.29, 0.717) is 24.0 Å². The van der Waals surface area contributed by atoms with Crippen LogP contribution in [0.15, 0.2) is 16.8 Å². The summed E-state index contributed by atoms with van der Waals surface area (Å²) < 4.78 is 5.87. The van der Waals surface area contributed by atoms with E-state index in [4.69, 9.17) is 10.5 Å². The summed E-state index contributed by atoms with van der Waals surface area (Å²) in [7, 11) is 0. The SMILES string of the molecule is CC1OC(C)C(C(N)CCc2ccsc2)C1C. The standard InChI is InChI=1S/C14H23NOS/c1-9-10(2)16-11(3)14(9)13(15)5-4-12-6-7-17-8-12/h6-11,13-14H,4-5,15H2,1-3H3. The van der Waals surface area contributed by atoms with Crippen LogP contribution in [0.4, 0.5) is 0 Å². The van der Waals surface area contributed by atoms with E-state index in [2.05, 4.69) is 37.6 Å². The maximum atomic E-state index is 6.36. The first kappa shape index (κ1) is 13.1. The van der Waals surface area contributed by atoms with Crippen LogP contribution in [0.3, 0.4) is 0 Å². The van der Waals surface area contributed by atoms with Gasteiger partial charge in [-0.25, -0.2) is 0 Å². The van der Waals surface area contributed by atoms with E-state index < -0.39 is 0 Å². The Kier molecular flexibility index (Phi) is 4.23. The zero-order chi connectivity index (χ0) is 12.4. The lowest BCUT2D eigenvalue weighted by atomic mass is 9.82. The normalized spacial score (nSPS) is 35.1. The van der Waals surface area contributed by atoms with Gasteiger partial charge in [-0.2, -0.15) is 11.3 Å². The quantitative estimate of drug-likeness (QED) is 0.895. The predicted molar refractivity (Wildman–Crippen MR) is 73.3 cm³/mol. The van der Waals surface area contributed by atoms with Crippen LogP contribution in [-0.4, -0.2) is 18.2 Å². The molecule has 2 N–H and O–H groups in total. The van der Waals surface area contributed by atoms with Crippen LogP contribution in [0.1, 0.15) is 32.8 Å². The summed E-state index contributed by atoms with van der Waals surface area (Å²) >= 11 is 1.76. The zero-order valence-corrected chi connectivity index (χ0v) is 11.7. The monoisotopic (exact) mass is 253 g/mol. The van der Waals surface area contributed by atoms with Gasteiger partial charge >= 0.3 is 0 Å². The lowest BCUT2D eigenvalue weighted by molar-refractivity contribution is 0.0487. The first-order valence-electron chi connectivity index (χ1n) is 6.51. The minimum atomic E-state index is 0.254. The van der Waals surface area contributed by atoms with Crippen molar-refractivity contribution < 1.29 is 4.74 Å². The number of rotatable bonds is 4. The molecule has 1 fully saturated rings. The predicted octanol–water partition coefficient (Wildman–Crippen LogP) is 3.07. The van der Waals surface area contributed by atoms with Crippen molar-refractivity contribution in [1.29, 1.82) is 0 Å². The molecule has 2 heterocycles. The molecule has 1 aromatic heterocycles. The van der Waals surface area contributed by atoms with Crippen molar-refractivity contribution in [3.63, 3.8) is 0 Å². The molecule has 0 radical (unpaired) electrons. The van der Waals surface area contributed by atoms with Gasteiger partial charge in [0.05, 0.1) is 12.2 Å². The highest BCUT2D eigenvalue weighted by Crippen LogP contribution is 2.35. The summed E-state index contributed by atoms with van der Waals surface area (Å²) in [4.78, 5) is 0. The van der Waals surface area contributed by atoms with Gasteiger partial charge in [-0.1, -0.05) is 6.92 Å². The third kappa shape index (κ3) is 2.90. The Balaban J connectivity index is 1.89. The molecule has 3 heteroatoms. The van der Waals surface area contributed by atoms with Gasteiger partial charge in [-0.15, -0.1) is 0 Å². The van der Waals surface area contributed by atoms with E-state index in [0.717, 1.165) is 12.8 Å². The van der Waals surface area contributed by atoms with Gasteiger partial charge in [0.25, 0.3) is 0 Å².